The van der Waals surface area contributed by atoms with Gasteiger partial charge in [0.15, 0.2) is 24.8 Å². The Bertz CT molecular complexity index is 2100. The minimum Gasteiger partial charge on any atom is -0.508 e. The summed E-state index contributed by atoms with van der Waals surface area (Å²) in [6.07, 6.45) is 0.484. The van der Waals surface area contributed by atoms with E-state index in [0.717, 1.165) is 11.1 Å². The molecule has 2 N–H and O–H groups in total. The Morgan fingerprint density at radius 2 is 0.907 bits per heavy atom. The zero-order chi connectivity index (χ0) is 38.0. The van der Waals surface area contributed by atoms with Crippen molar-refractivity contribution in [2.45, 2.75) is 37.9 Å². The van der Waals surface area contributed by atoms with Gasteiger partial charge in [-0.3, -0.25) is 9.59 Å². The van der Waals surface area contributed by atoms with Crippen LogP contribution in [0.3, 0.4) is 0 Å². The van der Waals surface area contributed by atoms with Crippen molar-refractivity contribution in [3.63, 3.8) is 0 Å². The highest BCUT2D eigenvalue weighted by molar-refractivity contribution is 6.02. The van der Waals surface area contributed by atoms with Crippen molar-refractivity contribution in [1.82, 2.24) is 0 Å². The summed E-state index contributed by atoms with van der Waals surface area (Å²) in [5.41, 5.74) is 2.79. The molecule has 54 heavy (non-hydrogen) atoms. The lowest BCUT2D eigenvalue weighted by Crippen LogP contribution is -2.17. The molecule has 8 nitrogen and oxygen atoms in total. The van der Waals surface area contributed by atoms with Gasteiger partial charge in [-0.05, 0) is 59.4 Å². The topological polar surface area (TPSA) is 113 Å². The van der Waals surface area contributed by atoms with Gasteiger partial charge in [-0.1, -0.05) is 121 Å². The van der Waals surface area contributed by atoms with E-state index in [1.807, 2.05) is 60.7 Å². The van der Waals surface area contributed by atoms with E-state index in [1.165, 1.54) is 48.5 Å². The molecule has 0 saturated carbocycles. The summed E-state index contributed by atoms with van der Waals surface area (Å²) in [5, 5.41) is 21.3. The van der Waals surface area contributed by atoms with Gasteiger partial charge in [0.2, 0.25) is 0 Å². The van der Waals surface area contributed by atoms with Crippen LogP contribution in [-0.4, -0.2) is 26.9 Å². The summed E-state index contributed by atoms with van der Waals surface area (Å²) in [5.74, 6) is -4.17. The fourth-order valence-electron chi connectivity index (χ4n) is 6.27. The molecule has 2 atom stereocenters. The van der Waals surface area contributed by atoms with Crippen LogP contribution in [0.4, 0.5) is 8.78 Å². The summed E-state index contributed by atoms with van der Waals surface area (Å²) < 4.78 is 29.7. The third-order valence-corrected chi connectivity index (χ3v) is 9.15. The number of benzene rings is 6. The smallest absolute Gasteiger partial charge is 0.478 e. The third-order valence-electron chi connectivity index (χ3n) is 9.15. The molecule has 0 bridgehead atoms. The number of phenolic OH excluding ortho intramolecular Hbond substituents is 2. The molecule has 0 spiro atoms. The van der Waals surface area contributed by atoms with Gasteiger partial charge in [0.05, 0.1) is 11.8 Å². The van der Waals surface area contributed by atoms with E-state index in [9.17, 15) is 33.5 Å². The van der Waals surface area contributed by atoms with Crippen LogP contribution in [0.15, 0.2) is 146 Å². The highest BCUT2D eigenvalue weighted by Gasteiger charge is 2.28. The van der Waals surface area contributed by atoms with Gasteiger partial charge in [0.25, 0.3) is 0 Å². The Morgan fingerprint density at radius 3 is 1.28 bits per heavy atom. The minimum absolute atomic E-state index is 0.147. The molecule has 0 saturated heterocycles. The largest absolute Gasteiger partial charge is 0.508 e. The summed E-state index contributed by atoms with van der Waals surface area (Å²) in [6.45, 7) is -0.855. The average molecular weight is 729 g/mol. The van der Waals surface area contributed by atoms with Crippen molar-refractivity contribution in [3.05, 3.63) is 207 Å². The Kier molecular flexibility index (Phi) is 11.8. The van der Waals surface area contributed by atoms with Crippen LogP contribution < -0.4 is 0 Å². The third kappa shape index (κ3) is 9.02. The summed E-state index contributed by atoms with van der Waals surface area (Å²) >= 11 is 0. The molecular weight excluding hydrogens is 692 g/mol. The lowest BCUT2D eigenvalue weighted by molar-refractivity contribution is -0.987. The van der Waals surface area contributed by atoms with Gasteiger partial charge in [-0.2, -0.15) is 9.68 Å². The quantitative estimate of drug-likeness (QED) is 0.0755. The first-order valence-corrected chi connectivity index (χ1v) is 17.2. The van der Waals surface area contributed by atoms with Gasteiger partial charge in [-0.25, -0.2) is 8.78 Å². The van der Waals surface area contributed by atoms with Crippen LogP contribution in [0, 0.1) is 16.5 Å². The van der Waals surface area contributed by atoms with Crippen molar-refractivity contribution in [2.75, 3.05) is 0 Å². The van der Waals surface area contributed by atoms with Crippen LogP contribution in [0.2, 0.25) is 0 Å². The van der Waals surface area contributed by atoms with Gasteiger partial charge >= 0.3 is 5.09 Å². The molecule has 0 aliphatic rings. The van der Waals surface area contributed by atoms with Crippen molar-refractivity contribution in [2.24, 2.45) is 0 Å². The number of halogens is 2. The predicted molar refractivity (Wildman–Crippen MR) is 197 cm³/mol. The van der Waals surface area contributed by atoms with E-state index < -0.39 is 48.3 Å². The SMILES string of the molecule is O=C(c1ccc(CO[N+](=O)OCc2ccc(C(=O)C(Cc3ccccc3)c3ccccc3F)cc2O)c(O)c1)C(Cc1ccccc1)c1ccccc1F. The molecule has 0 amide bonds. The molecule has 2 unspecified atom stereocenters. The molecule has 0 heterocycles. The maximum absolute atomic E-state index is 14.8. The number of rotatable bonds is 16. The van der Waals surface area contributed by atoms with E-state index in [0.29, 0.717) is 0 Å². The number of hydrogen-bond donors (Lipinski definition) is 2. The Morgan fingerprint density at radius 1 is 0.537 bits per heavy atom. The first-order valence-electron chi connectivity index (χ1n) is 17.2. The molecule has 6 aromatic carbocycles. The second-order valence-electron chi connectivity index (χ2n) is 12.7. The lowest BCUT2D eigenvalue weighted by Gasteiger charge is -2.18. The van der Waals surface area contributed by atoms with E-state index in [1.54, 1.807) is 36.4 Å². The number of carbonyl (C=O) groups is 2. The maximum Gasteiger partial charge on any atom is 0.478 e. The number of nitrogens with zero attached hydrogens (tertiary/aromatic N) is 1. The number of ketones is 2. The summed E-state index contributed by atoms with van der Waals surface area (Å²) in [7, 11) is 0. The zero-order valence-electron chi connectivity index (χ0n) is 29.0. The first kappa shape index (κ1) is 37.1. The van der Waals surface area contributed by atoms with Gasteiger partial charge in [0, 0.05) is 22.3 Å². The maximum atomic E-state index is 14.8. The van der Waals surface area contributed by atoms with E-state index >= 15 is 0 Å². The number of phenols is 2. The van der Waals surface area contributed by atoms with E-state index in [-0.39, 0.29) is 62.8 Å². The van der Waals surface area contributed by atoms with Crippen molar-refractivity contribution in [3.8, 4) is 11.5 Å². The first-order chi connectivity index (χ1) is 26.2. The molecule has 0 fully saturated rings. The number of carbonyl (C=O) groups excluding carboxylic acids is 2. The lowest BCUT2D eigenvalue weighted by atomic mass is 9.85. The van der Waals surface area contributed by atoms with E-state index in [4.69, 9.17) is 9.68 Å². The Hall–Kier alpha value is -6.68. The van der Waals surface area contributed by atoms with Crippen molar-refractivity contribution in [1.29, 1.82) is 0 Å². The molecule has 6 aromatic rings. The molecule has 0 aliphatic carbocycles. The van der Waals surface area contributed by atoms with Gasteiger partial charge in [-0.15, -0.1) is 0 Å². The Balaban J connectivity index is 1.08. The highest BCUT2D eigenvalue weighted by atomic mass is 19.1. The molecule has 0 radical (unpaired) electrons. The normalized spacial score (nSPS) is 12.0. The fourth-order valence-corrected chi connectivity index (χ4v) is 6.27. The molecular formula is C44H36F2NO7+. The van der Waals surface area contributed by atoms with Crippen LogP contribution in [0.1, 0.15) is 65.9 Å². The summed E-state index contributed by atoms with van der Waals surface area (Å²) in [6, 6.07) is 38.9. The fraction of sp³-hybridized carbons (Fsp3) is 0.136. The number of Topliss-reactive ketones (excluding diaryl/α,β-unsaturated/α-hetero) is 2. The molecule has 0 aliphatic heterocycles. The molecule has 0 aromatic heterocycles. The molecule has 6 rings (SSSR count). The summed E-state index contributed by atoms with van der Waals surface area (Å²) in [4.78, 5) is 49.9. The van der Waals surface area contributed by atoms with Gasteiger partial charge in [0.1, 0.15) is 28.0 Å². The zero-order valence-corrected chi connectivity index (χ0v) is 29.0. The average Bonchev–Trinajstić information content (AvgIpc) is 3.19. The molecule has 10 heteroatoms. The number of aromatic hydroxyl groups is 2. The van der Waals surface area contributed by atoms with E-state index in [2.05, 4.69) is 0 Å². The highest BCUT2D eigenvalue weighted by Crippen LogP contribution is 2.32. The van der Waals surface area contributed by atoms with Crippen LogP contribution in [0.25, 0.3) is 0 Å². The predicted octanol–water partition coefficient (Wildman–Crippen LogP) is 9.14. The second-order valence-corrected chi connectivity index (χ2v) is 12.7. The van der Waals surface area contributed by atoms with Crippen LogP contribution in [0.5, 0.6) is 11.5 Å². The monoisotopic (exact) mass is 728 g/mol. The van der Waals surface area contributed by atoms with Crippen LogP contribution >= 0.6 is 0 Å². The Labute approximate surface area is 310 Å². The number of hydrogen-bond acceptors (Lipinski definition) is 7. The van der Waals surface area contributed by atoms with Gasteiger partial charge < -0.3 is 10.2 Å². The second kappa shape index (κ2) is 17.2. The molecule has 272 valence electrons. The van der Waals surface area contributed by atoms with Crippen molar-refractivity contribution >= 4 is 11.6 Å². The van der Waals surface area contributed by atoms with Crippen LogP contribution in [-0.2, 0) is 35.7 Å². The standard InChI is InChI=1S/C44H35F2NO7/c45-39-17-9-7-15-35(39)37(23-29-11-3-1-4-12-29)43(50)31-19-21-33(41(48)25-31)27-53-47(52)54-28-34-22-20-32(26-42(34)49)44(51)38(24-30-13-5-2-6-14-30)36-16-8-10-18-40(36)46/h1-22,25-26,37-38H,23-24,27-28H2,(H-,48,49)/p+1. The van der Waals surface area contributed by atoms with Crippen molar-refractivity contribution < 1.29 is 43.3 Å². The minimum atomic E-state index is -0.855.